The first kappa shape index (κ1) is 15.2. The van der Waals surface area contributed by atoms with Crippen LogP contribution in [-0.2, 0) is 6.54 Å². The standard InChI is InChI=1S/C9H14N2.2ClH/c10-6-7-11-8-9-4-2-1-3-5-9;;/h1-5,11H,6-8,10H2;2*1H. The highest BCUT2D eigenvalue weighted by molar-refractivity contribution is 5.85. The van der Waals surface area contributed by atoms with Crippen molar-refractivity contribution in [3.8, 4) is 0 Å². The Morgan fingerprint density at radius 2 is 1.69 bits per heavy atom. The molecule has 3 N–H and O–H groups in total. The Hall–Kier alpha value is -0.280. The molecule has 0 fully saturated rings. The van der Waals surface area contributed by atoms with E-state index in [9.17, 15) is 0 Å². The highest BCUT2D eigenvalue weighted by Gasteiger charge is 1.87. The van der Waals surface area contributed by atoms with Crippen LogP contribution in [0.2, 0.25) is 0 Å². The molecule has 0 spiro atoms. The summed E-state index contributed by atoms with van der Waals surface area (Å²) < 4.78 is 0. The van der Waals surface area contributed by atoms with Gasteiger partial charge in [-0.3, -0.25) is 0 Å². The van der Waals surface area contributed by atoms with Gasteiger partial charge in [0.15, 0.2) is 0 Å². The Bertz CT molecular complexity index is 192. The van der Waals surface area contributed by atoms with Crippen LogP contribution < -0.4 is 11.1 Å². The summed E-state index contributed by atoms with van der Waals surface area (Å²) in [7, 11) is 0. The molecule has 0 bridgehead atoms. The quantitative estimate of drug-likeness (QED) is 0.760. The summed E-state index contributed by atoms with van der Waals surface area (Å²) in [6.07, 6.45) is 0. The molecular weight excluding hydrogens is 207 g/mol. The van der Waals surface area contributed by atoms with Crippen molar-refractivity contribution in [2.24, 2.45) is 5.73 Å². The zero-order chi connectivity index (χ0) is 7.94. The van der Waals surface area contributed by atoms with E-state index in [1.165, 1.54) is 5.56 Å². The summed E-state index contributed by atoms with van der Waals surface area (Å²) in [4.78, 5) is 0. The van der Waals surface area contributed by atoms with Gasteiger partial charge in [0.2, 0.25) is 0 Å². The fourth-order valence-electron chi connectivity index (χ4n) is 0.931. The number of hydrogen-bond donors (Lipinski definition) is 2. The number of nitrogens with two attached hydrogens (primary N) is 1. The molecule has 0 saturated heterocycles. The lowest BCUT2D eigenvalue weighted by Crippen LogP contribution is -2.21. The monoisotopic (exact) mass is 222 g/mol. The van der Waals surface area contributed by atoms with Crippen molar-refractivity contribution >= 4 is 24.8 Å². The maximum absolute atomic E-state index is 5.33. The minimum Gasteiger partial charge on any atom is -0.329 e. The molecule has 0 aromatic heterocycles. The molecule has 1 aromatic rings. The van der Waals surface area contributed by atoms with Gasteiger partial charge in [0, 0.05) is 19.6 Å². The van der Waals surface area contributed by atoms with E-state index >= 15 is 0 Å². The van der Waals surface area contributed by atoms with Crippen molar-refractivity contribution in [2.45, 2.75) is 6.54 Å². The molecule has 2 nitrogen and oxygen atoms in total. The molecular formula is C9H16Cl2N2. The van der Waals surface area contributed by atoms with Gasteiger partial charge in [0.1, 0.15) is 0 Å². The first-order chi connectivity index (χ1) is 5.43. The van der Waals surface area contributed by atoms with Crippen LogP contribution in [0.3, 0.4) is 0 Å². The molecule has 0 aliphatic rings. The normalized spacial score (nSPS) is 8.38. The zero-order valence-electron chi connectivity index (χ0n) is 7.40. The maximum Gasteiger partial charge on any atom is 0.0206 e. The third-order valence-corrected chi connectivity index (χ3v) is 1.49. The third kappa shape index (κ3) is 6.84. The average Bonchev–Trinajstić information content (AvgIpc) is 2.07. The van der Waals surface area contributed by atoms with Gasteiger partial charge in [-0.1, -0.05) is 30.3 Å². The van der Waals surface area contributed by atoms with Crippen LogP contribution in [0.15, 0.2) is 30.3 Å². The number of benzene rings is 1. The highest BCUT2D eigenvalue weighted by atomic mass is 35.5. The van der Waals surface area contributed by atoms with E-state index in [1.54, 1.807) is 0 Å². The molecule has 1 rings (SSSR count). The summed E-state index contributed by atoms with van der Waals surface area (Å²) in [5.74, 6) is 0. The van der Waals surface area contributed by atoms with Crippen LogP contribution in [0, 0.1) is 0 Å². The smallest absolute Gasteiger partial charge is 0.0206 e. The minimum absolute atomic E-state index is 0. The Balaban J connectivity index is 0. The second kappa shape index (κ2) is 9.81. The molecule has 0 aliphatic carbocycles. The van der Waals surface area contributed by atoms with Crippen molar-refractivity contribution in [3.63, 3.8) is 0 Å². The van der Waals surface area contributed by atoms with Crippen LogP contribution in [-0.4, -0.2) is 13.1 Å². The number of halogens is 2. The van der Waals surface area contributed by atoms with Crippen molar-refractivity contribution < 1.29 is 0 Å². The molecule has 0 aliphatic heterocycles. The second-order valence-corrected chi connectivity index (χ2v) is 2.45. The topological polar surface area (TPSA) is 38.0 Å². The summed E-state index contributed by atoms with van der Waals surface area (Å²) in [5, 5.41) is 3.23. The van der Waals surface area contributed by atoms with Crippen LogP contribution in [0.1, 0.15) is 5.56 Å². The van der Waals surface area contributed by atoms with Gasteiger partial charge in [0.05, 0.1) is 0 Å². The fraction of sp³-hybridized carbons (Fsp3) is 0.333. The summed E-state index contributed by atoms with van der Waals surface area (Å²) in [6, 6.07) is 10.3. The zero-order valence-corrected chi connectivity index (χ0v) is 9.03. The van der Waals surface area contributed by atoms with E-state index in [4.69, 9.17) is 5.73 Å². The summed E-state index contributed by atoms with van der Waals surface area (Å²) >= 11 is 0. The highest BCUT2D eigenvalue weighted by Crippen LogP contribution is 1.96. The molecule has 0 amide bonds. The third-order valence-electron chi connectivity index (χ3n) is 1.49. The number of hydrogen-bond acceptors (Lipinski definition) is 2. The van der Waals surface area contributed by atoms with Gasteiger partial charge in [-0.25, -0.2) is 0 Å². The molecule has 0 atom stereocenters. The molecule has 0 radical (unpaired) electrons. The van der Waals surface area contributed by atoms with E-state index in [-0.39, 0.29) is 24.8 Å². The van der Waals surface area contributed by atoms with Gasteiger partial charge in [0.25, 0.3) is 0 Å². The molecule has 4 heteroatoms. The van der Waals surface area contributed by atoms with Crippen LogP contribution in [0.25, 0.3) is 0 Å². The SMILES string of the molecule is Cl.Cl.NCCNCc1ccccc1. The average molecular weight is 223 g/mol. The first-order valence-corrected chi connectivity index (χ1v) is 3.88. The minimum atomic E-state index is 0. The lowest BCUT2D eigenvalue weighted by atomic mass is 10.2. The molecule has 1 aromatic carbocycles. The van der Waals surface area contributed by atoms with Crippen LogP contribution in [0.4, 0.5) is 0 Å². The Morgan fingerprint density at radius 1 is 1.08 bits per heavy atom. The predicted molar refractivity (Wildman–Crippen MR) is 61.7 cm³/mol. The Labute approximate surface area is 91.7 Å². The van der Waals surface area contributed by atoms with E-state index in [2.05, 4.69) is 17.4 Å². The Morgan fingerprint density at radius 3 is 2.23 bits per heavy atom. The van der Waals surface area contributed by atoms with E-state index in [1.807, 2.05) is 18.2 Å². The summed E-state index contributed by atoms with van der Waals surface area (Å²) in [5.41, 5.74) is 6.64. The van der Waals surface area contributed by atoms with Crippen molar-refractivity contribution in [3.05, 3.63) is 35.9 Å². The predicted octanol–water partition coefficient (Wildman–Crippen LogP) is 1.58. The number of nitrogens with one attached hydrogen (secondary N) is 1. The largest absolute Gasteiger partial charge is 0.329 e. The van der Waals surface area contributed by atoms with Gasteiger partial charge < -0.3 is 11.1 Å². The summed E-state index contributed by atoms with van der Waals surface area (Å²) in [6.45, 7) is 2.50. The van der Waals surface area contributed by atoms with Crippen molar-refractivity contribution in [2.75, 3.05) is 13.1 Å². The van der Waals surface area contributed by atoms with E-state index < -0.39 is 0 Å². The molecule has 76 valence electrons. The molecule has 0 saturated carbocycles. The van der Waals surface area contributed by atoms with E-state index in [0.717, 1.165) is 13.1 Å². The lowest BCUT2D eigenvalue weighted by Gasteiger charge is -2.01. The first-order valence-electron chi connectivity index (χ1n) is 3.88. The van der Waals surface area contributed by atoms with Crippen molar-refractivity contribution in [1.82, 2.24) is 5.32 Å². The lowest BCUT2D eigenvalue weighted by molar-refractivity contribution is 0.695. The molecule has 0 unspecified atom stereocenters. The fourth-order valence-corrected chi connectivity index (χ4v) is 0.931. The molecule has 0 heterocycles. The van der Waals surface area contributed by atoms with Gasteiger partial charge in [-0.05, 0) is 5.56 Å². The molecule has 13 heavy (non-hydrogen) atoms. The van der Waals surface area contributed by atoms with Gasteiger partial charge in [-0.2, -0.15) is 0 Å². The van der Waals surface area contributed by atoms with Crippen LogP contribution in [0.5, 0.6) is 0 Å². The number of rotatable bonds is 4. The Kier molecular flexibility index (Phi) is 11.5. The van der Waals surface area contributed by atoms with Crippen LogP contribution >= 0.6 is 24.8 Å². The maximum atomic E-state index is 5.33. The van der Waals surface area contributed by atoms with Gasteiger partial charge in [-0.15, -0.1) is 24.8 Å². The second-order valence-electron chi connectivity index (χ2n) is 2.45. The van der Waals surface area contributed by atoms with Gasteiger partial charge >= 0.3 is 0 Å². The van der Waals surface area contributed by atoms with E-state index in [0.29, 0.717) is 6.54 Å². The van der Waals surface area contributed by atoms with Crippen molar-refractivity contribution in [1.29, 1.82) is 0 Å².